The molecule has 0 aliphatic rings. The number of hydrogen-bond acceptors (Lipinski definition) is 4. The Hall–Kier alpha value is -2.82. The van der Waals surface area contributed by atoms with E-state index in [1.807, 2.05) is 24.3 Å². The molecule has 0 aliphatic carbocycles. The van der Waals surface area contributed by atoms with Crippen molar-refractivity contribution in [3.8, 4) is 5.75 Å². The van der Waals surface area contributed by atoms with E-state index in [-0.39, 0.29) is 5.78 Å². The lowest BCUT2D eigenvalue weighted by molar-refractivity contribution is 0.0983. The molecule has 3 aromatic rings. The van der Waals surface area contributed by atoms with Crippen molar-refractivity contribution in [1.82, 2.24) is 4.98 Å². The zero-order valence-electron chi connectivity index (χ0n) is 12.1. The maximum Gasteiger partial charge on any atom is 0.417 e. The van der Waals surface area contributed by atoms with E-state index in [0.29, 0.717) is 29.5 Å². The highest BCUT2D eigenvalue weighted by Gasteiger charge is 2.09. The van der Waals surface area contributed by atoms with Crippen LogP contribution in [0.15, 0.2) is 51.7 Å². The predicted octanol–water partition coefficient (Wildman–Crippen LogP) is 2.95. The largest absolute Gasteiger partial charge is 0.497 e. The third-order valence-corrected chi connectivity index (χ3v) is 3.54. The van der Waals surface area contributed by atoms with Gasteiger partial charge in [0.15, 0.2) is 11.4 Å². The zero-order chi connectivity index (χ0) is 15.5. The van der Waals surface area contributed by atoms with Gasteiger partial charge in [-0.25, -0.2) is 4.79 Å². The standard InChI is InChI=1S/C17H15NO4/c1-21-13-6-2-11(3-7-13)4-9-15(19)12-5-8-14-16(10-12)22-17(20)18-14/h2-3,5-8,10H,4,9H2,1H3,(H,18,20). The number of methoxy groups -OCH3 is 1. The molecule has 0 saturated carbocycles. The number of ketones is 1. The number of aromatic nitrogens is 1. The Kier molecular flexibility index (Phi) is 3.78. The molecule has 0 spiro atoms. The maximum absolute atomic E-state index is 12.2. The summed E-state index contributed by atoms with van der Waals surface area (Å²) < 4.78 is 10.1. The molecule has 0 unspecified atom stereocenters. The van der Waals surface area contributed by atoms with Gasteiger partial charge in [0.05, 0.1) is 12.6 Å². The molecule has 1 aromatic heterocycles. The van der Waals surface area contributed by atoms with Crippen molar-refractivity contribution < 1.29 is 13.9 Å². The van der Waals surface area contributed by atoms with Crippen molar-refractivity contribution in [3.05, 3.63) is 64.1 Å². The number of carbonyl (C=O) groups excluding carboxylic acids is 1. The normalized spacial score (nSPS) is 10.8. The summed E-state index contributed by atoms with van der Waals surface area (Å²) in [5, 5.41) is 0. The minimum Gasteiger partial charge on any atom is -0.497 e. The summed E-state index contributed by atoms with van der Waals surface area (Å²) in [5.74, 6) is 0.294. The molecule has 1 N–H and O–H groups in total. The number of aryl methyl sites for hydroxylation is 1. The zero-order valence-corrected chi connectivity index (χ0v) is 12.1. The van der Waals surface area contributed by atoms with E-state index in [0.717, 1.165) is 11.3 Å². The summed E-state index contributed by atoms with van der Waals surface area (Å²) in [4.78, 5) is 25.9. The van der Waals surface area contributed by atoms with Gasteiger partial charge in [-0.2, -0.15) is 0 Å². The highest BCUT2D eigenvalue weighted by molar-refractivity contribution is 5.98. The number of fused-ring (bicyclic) bond motifs is 1. The Balaban J connectivity index is 1.70. The first kappa shape index (κ1) is 14.1. The van der Waals surface area contributed by atoms with Gasteiger partial charge in [-0.05, 0) is 42.3 Å². The van der Waals surface area contributed by atoms with E-state index in [2.05, 4.69) is 4.98 Å². The minimum absolute atomic E-state index is 0.0153. The molecule has 5 nitrogen and oxygen atoms in total. The number of oxazole rings is 1. The molecule has 5 heteroatoms. The van der Waals surface area contributed by atoms with Crippen LogP contribution in [0.25, 0.3) is 11.1 Å². The van der Waals surface area contributed by atoms with Crippen LogP contribution in [0.1, 0.15) is 22.3 Å². The highest BCUT2D eigenvalue weighted by Crippen LogP contribution is 2.16. The summed E-state index contributed by atoms with van der Waals surface area (Å²) in [5.41, 5.74) is 2.61. The molecule has 0 bridgehead atoms. The first-order chi connectivity index (χ1) is 10.7. The minimum atomic E-state index is -0.516. The molecule has 3 rings (SSSR count). The van der Waals surface area contributed by atoms with Crippen LogP contribution in [0, 0.1) is 0 Å². The lowest BCUT2D eigenvalue weighted by atomic mass is 10.0. The van der Waals surface area contributed by atoms with Gasteiger partial charge in [0.2, 0.25) is 0 Å². The Labute approximate surface area is 126 Å². The average Bonchev–Trinajstić information content (AvgIpc) is 2.92. The fraction of sp³-hybridized carbons (Fsp3) is 0.176. The molecular weight excluding hydrogens is 282 g/mol. The Bertz CT molecular complexity index is 858. The number of hydrogen-bond donors (Lipinski definition) is 1. The van der Waals surface area contributed by atoms with E-state index < -0.39 is 5.76 Å². The number of carbonyl (C=O) groups is 1. The van der Waals surface area contributed by atoms with Crippen molar-refractivity contribution in [2.75, 3.05) is 7.11 Å². The molecule has 0 fully saturated rings. The number of benzene rings is 2. The molecule has 0 radical (unpaired) electrons. The second kappa shape index (κ2) is 5.89. The Morgan fingerprint density at radius 3 is 2.68 bits per heavy atom. The summed E-state index contributed by atoms with van der Waals surface area (Å²) >= 11 is 0. The van der Waals surface area contributed by atoms with Crippen LogP contribution in [0.4, 0.5) is 0 Å². The van der Waals surface area contributed by atoms with E-state index in [1.165, 1.54) is 0 Å². The van der Waals surface area contributed by atoms with Crippen molar-refractivity contribution in [2.45, 2.75) is 12.8 Å². The molecule has 112 valence electrons. The lowest BCUT2D eigenvalue weighted by Gasteiger charge is -2.04. The van der Waals surface area contributed by atoms with Crippen LogP contribution in [0.3, 0.4) is 0 Å². The van der Waals surface area contributed by atoms with Crippen molar-refractivity contribution >= 4 is 16.9 Å². The van der Waals surface area contributed by atoms with Crippen LogP contribution in [0.2, 0.25) is 0 Å². The number of aromatic amines is 1. The lowest BCUT2D eigenvalue weighted by Crippen LogP contribution is -2.01. The van der Waals surface area contributed by atoms with Gasteiger partial charge in [-0.1, -0.05) is 12.1 Å². The SMILES string of the molecule is COc1ccc(CCC(=O)c2ccc3[nH]c(=O)oc3c2)cc1. The van der Waals surface area contributed by atoms with E-state index in [4.69, 9.17) is 9.15 Å². The maximum atomic E-state index is 12.2. The van der Waals surface area contributed by atoms with Crippen molar-refractivity contribution in [3.63, 3.8) is 0 Å². The van der Waals surface area contributed by atoms with Gasteiger partial charge in [-0.15, -0.1) is 0 Å². The van der Waals surface area contributed by atoms with E-state index in [1.54, 1.807) is 25.3 Å². The summed E-state index contributed by atoms with van der Waals surface area (Å²) in [6.45, 7) is 0. The van der Waals surface area contributed by atoms with Gasteiger partial charge < -0.3 is 9.15 Å². The van der Waals surface area contributed by atoms with Crippen LogP contribution in [0.5, 0.6) is 5.75 Å². The summed E-state index contributed by atoms with van der Waals surface area (Å²) in [6.07, 6.45) is 1.05. The first-order valence-electron chi connectivity index (χ1n) is 6.95. The van der Waals surface area contributed by atoms with Crippen molar-refractivity contribution in [1.29, 1.82) is 0 Å². The number of rotatable bonds is 5. The van der Waals surface area contributed by atoms with Crippen LogP contribution >= 0.6 is 0 Å². The molecule has 1 heterocycles. The van der Waals surface area contributed by atoms with Gasteiger partial charge >= 0.3 is 5.76 Å². The highest BCUT2D eigenvalue weighted by atomic mass is 16.5. The third-order valence-electron chi connectivity index (χ3n) is 3.54. The quantitative estimate of drug-likeness (QED) is 0.735. The van der Waals surface area contributed by atoms with Crippen LogP contribution in [-0.2, 0) is 6.42 Å². The monoisotopic (exact) mass is 297 g/mol. The van der Waals surface area contributed by atoms with Gasteiger partial charge in [0.25, 0.3) is 0 Å². The van der Waals surface area contributed by atoms with Crippen LogP contribution in [-0.4, -0.2) is 17.9 Å². The molecule has 0 aliphatic heterocycles. The Morgan fingerprint density at radius 2 is 1.95 bits per heavy atom. The predicted molar refractivity (Wildman–Crippen MR) is 82.5 cm³/mol. The van der Waals surface area contributed by atoms with Crippen molar-refractivity contribution in [2.24, 2.45) is 0 Å². The number of nitrogens with one attached hydrogen (secondary N) is 1. The molecule has 0 saturated heterocycles. The third kappa shape index (κ3) is 2.93. The van der Waals surface area contributed by atoms with Gasteiger partial charge in [0, 0.05) is 12.0 Å². The Morgan fingerprint density at radius 1 is 1.18 bits per heavy atom. The summed E-state index contributed by atoms with van der Waals surface area (Å²) in [6, 6.07) is 12.6. The van der Waals surface area contributed by atoms with E-state index in [9.17, 15) is 9.59 Å². The first-order valence-corrected chi connectivity index (χ1v) is 6.95. The molecule has 2 aromatic carbocycles. The smallest absolute Gasteiger partial charge is 0.417 e. The van der Waals surface area contributed by atoms with Crippen LogP contribution < -0.4 is 10.5 Å². The number of Topliss-reactive ketones (excluding diaryl/α,β-unsaturated/α-hetero) is 1. The molecular formula is C17H15NO4. The fourth-order valence-electron chi connectivity index (χ4n) is 2.31. The molecule has 22 heavy (non-hydrogen) atoms. The summed E-state index contributed by atoms with van der Waals surface area (Å²) in [7, 11) is 1.62. The fourth-order valence-corrected chi connectivity index (χ4v) is 2.31. The van der Waals surface area contributed by atoms with Gasteiger partial charge in [-0.3, -0.25) is 9.78 Å². The number of ether oxygens (including phenoxy) is 1. The second-order valence-corrected chi connectivity index (χ2v) is 5.00. The second-order valence-electron chi connectivity index (χ2n) is 5.00. The topological polar surface area (TPSA) is 72.3 Å². The van der Waals surface area contributed by atoms with Gasteiger partial charge in [0.1, 0.15) is 5.75 Å². The molecule has 0 atom stereocenters. The molecule has 0 amide bonds. The average molecular weight is 297 g/mol. The number of H-pyrrole nitrogens is 1. The van der Waals surface area contributed by atoms with E-state index >= 15 is 0 Å².